The number of anilines is 1. The van der Waals surface area contributed by atoms with Crippen LogP contribution in [-0.2, 0) is 13.6 Å². The molecule has 0 spiro atoms. The third-order valence-corrected chi connectivity index (χ3v) is 4.17. The van der Waals surface area contributed by atoms with Crippen LogP contribution in [0.5, 0.6) is 0 Å². The molecule has 0 aliphatic heterocycles. The number of imidazole rings is 1. The lowest BCUT2D eigenvalue weighted by atomic mass is 10.2. The van der Waals surface area contributed by atoms with Crippen molar-refractivity contribution in [3.05, 3.63) is 42.6 Å². The number of amides is 2. The Hall–Kier alpha value is -2.83. The number of benzene rings is 1. The van der Waals surface area contributed by atoms with E-state index in [9.17, 15) is 4.79 Å². The van der Waals surface area contributed by atoms with E-state index in [1.165, 1.54) is 0 Å². The van der Waals surface area contributed by atoms with Gasteiger partial charge in [-0.25, -0.2) is 9.78 Å². The number of rotatable bonds is 4. The topological polar surface area (TPSA) is 78.8 Å². The Balaban J connectivity index is 1.52. The lowest BCUT2D eigenvalue weighted by Gasteiger charge is -2.22. The minimum atomic E-state index is -0.0886. The molecular formula is C16H18N6O. The molecule has 0 unspecified atom stereocenters. The Kier molecular flexibility index (Phi) is 3.25. The van der Waals surface area contributed by atoms with E-state index >= 15 is 0 Å². The zero-order valence-electron chi connectivity index (χ0n) is 12.9. The monoisotopic (exact) mass is 310 g/mol. The molecule has 0 saturated heterocycles. The fourth-order valence-electron chi connectivity index (χ4n) is 2.66. The molecular weight excluding hydrogens is 292 g/mol. The first-order valence-corrected chi connectivity index (χ1v) is 7.67. The Labute approximate surface area is 133 Å². The van der Waals surface area contributed by atoms with Gasteiger partial charge in [0.15, 0.2) is 0 Å². The summed E-state index contributed by atoms with van der Waals surface area (Å²) in [5, 5.41) is 10.9. The summed E-state index contributed by atoms with van der Waals surface area (Å²) < 4.78 is 1.94. The molecule has 7 nitrogen and oxygen atoms in total. The van der Waals surface area contributed by atoms with E-state index in [2.05, 4.69) is 20.5 Å². The molecule has 3 aromatic rings. The highest BCUT2D eigenvalue weighted by Gasteiger charge is 2.33. The van der Waals surface area contributed by atoms with E-state index in [1.54, 1.807) is 12.4 Å². The zero-order valence-corrected chi connectivity index (χ0v) is 12.9. The second-order valence-electron chi connectivity index (χ2n) is 5.92. The number of fused-ring (bicyclic) bond motifs is 1. The van der Waals surface area contributed by atoms with Crippen LogP contribution in [-0.4, -0.2) is 36.7 Å². The van der Waals surface area contributed by atoms with E-state index in [1.807, 2.05) is 40.9 Å². The fraction of sp³-hybridized carbons (Fsp3) is 0.312. The molecule has 0 atom stereocenters. The minimum absolute atomic E-state index is 0.0886. The van der Waals surface area contributed by atoms with Crippen molar-refractivity contribution in [1.82, 2.24) is 24.6 Å². The molecule has 0 bridgehead atoms. The first-order chi connectivity index (χ1) is 11.2. The number of carbonyl (C=O) groups excluding carboxylic acids is 1. The molecule has 2 heterocycles. The summed E-state index contributed by atoms with van der Waals surface area (Å²) in [6.07, 6.45) is 7.52. The molecule has 1 aliphatic carbocycles. The summed E-state index contributed by atoms with van der Waals surface area (Å²) in [6, 6.07) is 5.94. The molecule has 1 aliphatic rings. The van der Waals surface area contributed by atoms with Gasteiger partial charge in [-0.15, -0.1) is 0 Å². The molecule has 23 heavy (non-hydrogen) atoms. The van der Waals surface area contributed by atoms with Crippen molar-refractivity contribution >= 4 is 22.6 Å². The molecule has 1 fully saturated rings. The van der Waals surface area contributed by atoms with Crippen LogP contribution in [0.4, 0.5) is 10.5 Å². The van der Waals surface area contributed by atoms with Crippen molar-refractivity contribution in [2.24, 2.45) is 7.05 Å². The van der Waals surface area contributed by atoms with Gasteiger partial charge in [0.05, 0.1) is 18.3 Å². The van der Waals surface area contributed by atoms with Crippen LogP contribution in [0.25, 0.3) is 10.9 Å². The average molecular weight is 310 g/mol. The number of H-pyrrole nitrogens is 1. The second kappa shape index (κ2) is 5.42. The largest absolute Gasteiger partial charge is 0.337 e. The van der Waals surface area contributed by atoms with E-state index in [0.717, 1.165) is 35.3 Å². The lowest BCUT2D eigenvalue weighted by Crippen LogP contribution is -2.37. The van der Waals surface area contributed by atoms with E-state index in [0.29, 0.717) is 12.6 Å². The van der Waals surface area contributed by atoms with Gasteiger partial charge >= 0.3 is 6.03 Å². The van der Waals surface area contributed by atoms with Crippen molar-refractivity contribution in [1.29, 1.82) is 0 Å². The second-order valence-corrected chi connectivity index (χ2v) is 5.92. The van der Waals surface area contributed by atoms with E-state index in [4.69, 9.17) is 0 Å². The predicted molar refractivity (Wildman–Crippen MR) is 86.9 cm³/mol. The number of aryl methyl sites for hydroxylation is 1. The van der Waals surface area contributed by atoms with Gasteiger partial charge in [0, 0.05) is 36.6 Å². The summed E-state index contributed by atoms with van der Waals surface area (Å²) in [7, 11) is 1.94. The summed E-state index contributed by atoms with van der Waals surface area (Å²) in [4.78, 5) is 18.8. The van der Waals surface area contributed by atoms with Crippen LogP contribution in [0.2, 0.25) is 0 Å². The van der Waals surface area contributed by atoms with Gasteiger partial charge in [0.1, 0.15) is 5.82 Å². The summed E-state index contributed by atoms with van der Waals surface area (Å²) in [5.74, 6) is 0.885. The highest BCUT2D eigenvalue weighted by molar-refractivity contribution is 5.92. The van der Waals surface area contributed by atoms with Crippen LogP contribution in [0.3, 0.4) is 0 Å². The number of hydrogen-bond acceptors (Lipinski definition) is 3. The lowest BCUT2D eigenvalue weighted by molar-refractivity contribution is 0.204. The number of nitrogens with zero attached hydrogens (tertiary/aromatic N) is 4. The maximum atomic E-state index is 12.7. The third-order valence-electron chi connectivity index (χ3n) is 4.17. The quantitative estimate of drug-likeness (QED) is 0.777. The van der Waals surface area contributed by atoms with Gasteiger partial charge in [-0.05, 0) is 31.0 Å². The molecule has 118 valence electrons. The average Bonchev–Trinajstić information content (AvgIpc) is 3.13. The zero-order chi connectivity index (χ0) is 15.8. The maximum absolute atomic E-state index is 12.7. The van der Waals surface area contributed by atoms with E-state index < -0.39 is 0 Å². The van der Waals surface area contributed by atoms with Crippen molar-refractivity contribution < 1.29 is 4.79 Å². The van der Waals surface area contributed by atoms with Crippen LogP contribution in [0.15, 0.2) is 36.8 Å². The standard InChI is InChI=1S/C16H18N6O/c1-21-7-6-17-15(21)10-22(13-4-5-13)16(23)19-12-3-2-11-9-18-20-14(11)8-12/h2-3,6-9,13H,4-5,10H2,1H3,(H,18,20)(H,19,23). The van der Waals surface area contributed by atoms with Crippen molar-refractivity contribution in [3.63, 3.8) is 0 Å². The highest BCUT2D eigenvalue weighted by Crippen LogP contribution is 2.29. The maximum Gasteiger partial charge on any atom is 0.322 e. The van der Waals surface area contributed by atoms with Crippen LogP contribution in [0, 0.1) is 0 Å². The van der Waals surface area contributed by atoms with Gasteiger partial charge < -0.3 is 14.8 Å². The summed E-state index contributed by atoms with van der Waals surface area (Å²) in [5.41, 5.74) is 1.67. The molecule has 1 aromatic carbocycles. The minimum Gasteiger partial charge on any atom is -0.337 e. The molecule has 4 rings (SSSR count). The molecule has 2 aromatic heterocycles. The Bertz CT molecular complexity index is 847. The number of aromatic nitrogens is 4. The van der Waals surface area contributed by atoms with Crippen LogP contribution >= 0.6 is 0 Å². The van der Waals surface area contributed by atoms with E-state index in [-0.39, 0.29) is 6.03 Å². The van der Waals surface area contributed by atoms with Crippen molar-refractivity contribution in [2.75, 3.05) is 5.32 Å². The normalized spacial score (nSPS) is 14.1. The molecule has 0 radical (unpaired) electrons. The smallest absolute Gasteiger partial charge is 0.322 e. The number of carbonyl (C=O) groups is 1. The Morgan fingerprint density at radius 1 is 1.48 bits per heavy atom. The summed E-state index contributed by atoms with van der Waals surface area (Å²) in [6.45, 7) is 0.520. The summed E-state index contributed by atoms with van der Waals surface area (Å²) >= 11 is 0. The van der Waals surface area contributed by atoms with Crippen molar-refractivity contribution in [3.8, 4) is 0 Å². The number of aromatic amines is 1. The van der Waals surface area contributed by atoms with Crippen molar-refractivity contribution in [2.45, 2.75) is 25.4 Å². The van der Waals surface area contributed by atoms with Gasteiger partial charge in [-0.3, -0.25) is 5.10 Å². The predicted octanol–water partition coefficient (Wildman–Crippen LogP) is 2.49. The molecule has 7 heteroatoms. The van der Waals surface area contributed by atoms with Gasteiger partial charge in [-0.1, -0.05) is 0 Å². The molecule has 2 amide bonds. The SMILES string of the molecule is Cn1ccnc1CN(C(=O)Nc1ccc2cn[nH]c2c1)C1CC1. The Morgan fingerprint density at radius 2 is 2.35 bits per heavy atom. The van der Waals surface area contributed by atoms with Gasteiger partial charge in [0.25, 0.3) is 0 Å². The van der Waals surface area contributed by atoms with Crippen LogP contribution < -0.4 is 5.32 Å². The van der Waals surface area contributed by atoms with Gasteiger partial charge in [-0.2, -0.15) is 5.10 Å². The fourth-order valence-corrected chi connectivity index (χ4v) is 2.66. The Morgan fingerprint density at radius 3 is 3.09 bits per heavy atom. The first-order valence-electron chi connectivity index (χ1n) is 7.67. The number of urea groups is 1. The highest BCUT2D eigenvalue weighted by atomic mass is 16.2. The number of hydrogen-bond donors (Lipinski definition) is 2. The first kappa shape index (κ1) is 13.8. The molecule has 2 N–H and O–H groups in total. The van der Waals surface area contributed by atoms with Crippen LogP contribution in [0.1, 0.15) is 18.7 Å². The third kappa shape index (κ3) is 2.77. The van der Waals surface area contributed by atoms with Gasteiger partial charge in [0.2, 0.25) is 0 Å². The number of nitrogens with one attached hydrogen (secondary N) is 2. The molecule has 1 saturated carbocycles.